The molecule has 0 aliphatic heterocycles. The van der Waals surface area contributed by atoms with Crippen LogP contribution in [0.5, 0.6) is 0 Å². The Balaban J connectivity index is 2.09. The molecule has 2 heteroatoms. The van der Waals surface area contributed by atoms with E-state index in [1.54, 1.807) is 0 Å². The van der Waals surface area contributed by atoms with Gasteiger partial charge in [-0.15, -0.1) is 0 Å². The van der Waals surface area contributed by atoms with Crippen molar-refractivity contribution in [1.29, 1.82) is 0 Å². The van der Waals surface area contributed by atoms with E-state index >= 15 is 0 Å². The first-order valence-electron chi connectivity index (χ1n) is 8.24. The Morgan fingerprint density at radius 3 is 2.60 bits per heavy atom. The van der Waals surface area contributed by atoms with E-state index in [9.17, 15) is 0 Å². The Hall–Kier alpha value is -1.02. The van der Waals surface area contributed by atoms with Gasteiger partial charge in [0.2, 0.25) is 0 Å². The molecular formula is C18H30N2. The van der Waals surface area contributed by atoms with E-state index in [0.29, 0.717) is 6.04 Å². The van der Waals surface area contributed by atoms with Crippen LogP contribution in [0, 0.1) is 12.8 Å². The van der Waals surface area contributed by atoms with Crippen molar-refractivity contribution < 1.29 is 0 Å². The second-order valence-electron chi connectivity index (χ2n) is 6.38. The molecule has 2 rings (SSSR count). The van der Waals surface area contributed by atoms with Gasteiger partial charge in [0.05, 0.1) is 0 Å². The van der Waals surface area contributed by atoms with Crippen LogP contribution in [0.2, 0.25) is 0 Å². The fourth-order valence-corrected chi connectivity index (χ4v) is 2.84. The SMILES string of the molecule is CCCN(CC1CC1)c1ccc(CC(N)CC)cc1C. The normalized spacial score (nSPS) is 16.2. The standard InChI is InChI=1S/C18H30N2/c1-4-10-20(13-15-6-7-15)18-9-8-16(11-14(18)3)12-17(19)5-2/h8-9,11,15,17H,4-7,10,12-13,19H2,1-3H3. The van der Waals surface area contributed by atoms with Crippen LogP contribution in [-0.2, 0) is 6.42 Å². The first kappa shape index (κ1) is 15.4. The van der Waals surface area contributed by atoms with E-state index < -0.39 is 0 Å². The van der Waals surface area contributed by atoms with Crippen molar-refractivity contribution in [3.8, 4) is 0 Å². The average molecular weight is 274 g/mol. The number of benzene rings is 1. The van der Waals surface area contributed by atoms with Gasteiger partial charge in [-0.25, -0.2) is 0 Å². The molecule has 0 amide bonds. The molecule has 0 aromatic heterocycles. The zero-order chi connectivity index (χ0) is 14.5. The predicted octanol–water partition coefficient (Wildman–Crippen LogP) is 3.90. The molecule has 0 saturated heterocycles. The lowest BCUT2D eigenvalue weighted by atomic mass is 10.0. The molecule has 2 nitrogen and oxygen atoms in total. The van der Waals surface area contributed by atoms with Crippen molar-refractivity contribution >= 4 is 5.69 Å². The molecule has 1 saturated carbocycles. The van der Waals surface area contributed by atoms with Crippen molar-refractivity contribution in [3.05, 3.63) is 29.3 Å². The fourth-order valence-electron chi connectivity index (χ4n) is 2.84. The summed E-state index contributed by atoms with van der Waals surface area (Å²) in [6.07, 6.45) is 6.10. The molecule has 0 spiro atoms. The number of anilines is 1. The van der Waals surface area contributed by atoms with Crippen LogP contribution in [0.15, 0.2) is 18.2 Å². The van der Waals surface area contributed by atoms with Gasteiger partial charge in [0.15, 0.2) is 0 Å². The monoisotopic (exact) mass is 274 g/mol. The van der Waals surface area contributed by atoms with Gasteiger partial charge in [-0.1, -0.05) is 26.0 Å². The molecule has 2 N–H and O–H groups in total. The van der Waals surface area contributed by atoms with E-state index in [1.807, 2.05) is 0 Å². The van der Waals surface area contributed by atoms with E-state index in [2.05, 4.69) is 43.9 Å². The average Bonchev–Trinajstić information content (AvgIpc) is 3.22. The highest BCUT2D eigenvalue weighted by Crippen LogP contribution is 2.32. The summed E-state index contributed by atoms with van der Waals surface area (Å²) in [5.74, 6) is 0.939. The van der Waals surface area contributed by atoms with Crippen LogP contribution < -0.4 is 10.6 Å². The third-order valence-corrected chi connectivity index (χ3v) is 4.29. The van der Waals surface area contributed by atoms with E-state index in [0.717, 1.165) is 18.8 Å². The maximum absolute atomic E-state index is 6.06. The quantitative estimate of drug-likeness (QED) is 0.779. The summed E-state index contributed by atoms with van der Waals surface area (Å²) in [5, 5.41) is 0. The molecule has 0 bridgehead atoms. The molecule has 0 heterocycles. The summed E-state index contributed by atoms with van der Waals surface area (Å²) in [4.78, 5) is 2.58. The topological polar surface area (TPSA) is 29.3 Å². The molecular weight excluding hydrogens is 244 g/mol. The first-order valence-corrected chi connectivity index (χ1v) is 8.24. The molecule has 1 aromatic carbocycles. The maximum atomic E-state index is 6.06. The minimum Gasteiger partial charge on any atom is -0.371 e. The molecule has 112 valence electrons. The number of nitrogens with two attached hydrogens (primary N) is 1. The molecule has 1 aliphatic rings. The lowest BCUT2D eigenvalue weighted by Crippen LogP contribution is -2.27. The van der Waals surface area contributed by atoms with Crippen LogP contribution in [0.25, 0.3) is 0 Å². The molecule has 1 aliphatic carbocycles. The van der Waals surface area contributed by atoms with Gasteiger partial charge in [-0.3, -0.25) is 0 Å². The highest BCUT2D eigenvalue weighted by atomic mass is 15.1. The Morgan fingerprint density at radius 1 is 1.30 bits per heavy atom. The van der Waals surface area contributed by atoms with Gasteiger partial charge in [-0.2, -0.15) is 0 Å². The van der Waals surface area contributed by atoms with Gasteiger partial charge < -0.3 is 10.6 Å². The van der Waals surface area contributed by atoms with Gasteiger partial charge >= 0.3 is 0 Å². The third kappa shape index (κ3) is 4.24. The largest absolute Gasteiger partial charge is 0.371 e. The number of nitrogens with zero attached hydrogens (tertiary/aromatic N) is 1. The number of hydrogen-bond acceptors (Lipinski definition) is 2. The van der Waals surface area contributed by atoms with Gasteiger partial charge in [0, 0.05) is 24.8 Å². The van der Waals surface area contributed by atoms with Crippen molar-refractivity contribution in [3.63, 3.8) is 0 Å². The lowest BCUT2D eigenvalue weighted by Gasteiger charge is -2.26. The molecule has 20 heavy (non-hydrogen) atoms. The van der Waals surface area contributed by atoms with E-state index in [1.165, 1.54) is 49.2 Å². The summed E-state index contributed by atoms with van der Waals surface area (Å²) in [5.41, 5.74) is 10.3. The van der Waals surface area contributed by atoms with Crippen molar-refractivity contribution in [2.75, 3.05) is 18.0 Å². The molecule has 1 aromatic rings. The molecule has 0 radical (unpaired) electrons. The number of aryl methyl sites for hydroxylation is 1. The number of hydrogen-bond donors (Lipinski definition) is 1. The fraction of sp³-hybridized carbons (Fsp3) is 0.667. The summed E-state index contributed by atoms with van der Waals surface area (Å²) >= 11 is 0. The summed E-state index contributed by atoms with van der Waals surface area (Å²) < 4.78 is 0. The molecule has 1 unspecified atom stereocenters. The van der Waals surface area contributed by atoms with E-state index in [4.69, 9.17) is 5.73 Å². The van der Waals surface area contributed by atoms with Gasteiger partial charge in [-0.05, 0) is 62.1 Å². The Kier molecular flexibility index (Phi) is 5.47. The summed E-state index contributed by atoms with van der Waals surface area (Å²) in [6.45, 7) is 9.08. The van der Waals surface area contributed by atoms with Crippen LogP contribution in [0.1, 0.15) is 50.7 Å². The smallest absolute Gasteiger partial charge is 0.0396 e. The van der Waals surface area contributed by atoms with Crippen LogP contribution >= 0.6 is 0 Å². The van der Waals surface area contributed by atoms with Crippen molar-refractivity contribution in [1.82, 2.24) is 0 Å². The highest BCUT2D eigenvalue weighted by Gasteiger charge is 2.24. The Labute approximate surface area is 124 Å². The minimum absolute atomic E-state index is 0.290. The van der Waals surface area contributed by atoms with Crippen LogP contribution in [0.4, 0.5) is 5.69 Å². The lowest BCUT2D eigenvalue weighted by molar-refractivity contribution is 0.646. The summed E-state index contributed by atoms with van der Waals surface area (Å²) in [7, 11) is 0. The highest BCUT2D eigenvalue weighted by molar-refractivity contribution is 5.54. The van der Waals surface area contributed by atoms with E-state index in [-0.39, 0.29) is 0 Å². The van der Waals surface area contributed by atoms with Crippen LogP contribution in [-0.4, -0.2) is 19.1 Å². The zero-order valence-electron chi connectivity index (χ0n) is 13.4. The third-order valence-electron chi connectivity index (χ3n) is 4.29. The van der Waals surface area contributed by atoms with Gasteiger partial charge in [0.1, 0.15) is 0 Å². The Bertz CT molecular complexity index is 423. The van der Waals surface area contributed by atoms with Crippen LogP contribution in [0.3, 0.4) is 0 Å². The second kappa shape index (κ2) is 7.12. The minimum atomic E-state index is 0.290. The second-order valence-corrected chi connectivity index (χ2v) is 6.38. The maximum Gasteiger partial charge on any atom is 0.0396 e. The Morgan fingerprint density at radius 2 is 2.05 bits per heavy atom. The van der Waals surface area contributed by atoms with Gasteiger partial charge in [0.25, 0.3) is 0 Å². The first-order chi connectivity index (χ1) is 9.63. The summed E-state index contributed by atoms with van der Waals surface area (Å²) in [6, 6.07) is 7.21. The molecule has 1 fully saturated rings. The molecule has 1 atom stereocenters. The predicted molar refractivity (Wildman–Crippen MR) is 88.4 cm³/mol. The van der Waals surface area contributed by atoms with Crippen molar-refractivity contribution in [2.24, 2.45) is 11.7 Å². The zero-order valence-corrected chi connectivity index (χ0v) is 13.4. The number of rotatable bonds is 8. The van der Waals surface area contributed by atoms with Crippen molar-refractivity contribution in [2.45, 2.75) is 58.9 Å².